The minimum Gasteiger partial charge on any atom is -0.494 e. The van der Waals surface area contributed by atoms with Gasteiger partial charge in [-0.25, -0.2) is 4.98 Å². The number of methoxy groups -OCH3 is 1. The van der Waals surface area contributed by atoms with E-state index in [0.717, 1.165) is 47.3 Å². The largest absolute Gasteiger partial charge is 0.494 e. The zero-order valence-electron chi connectivity index (χ0n) is 18.7. The molecular formula is C22H25Cl2N5O4S. The van der Waals surface area contributed by atoms with Crippen molar-refractivity contribution in [2.24, 2.45) is 0 Å². The molecule has 9 nitrogen and oxygen atoms in total. The third kappa shape index (κ3) is 5.52. The van der Waals surface area contributed by atoms with Crippen LogP contribution in [0.5, 0.6) is 5.75 Å². The Morgan fingerprint density at radius 1 is 1.26 bits per heavy atom. The Kier molecular flexibility index (Phi) is 8.53. The van der Waals surface area contributed by atoms with Crippen LogP contribution in [0.25, 0.3) is 10.2 Å². The maximum absolute atomic E-state index is 12.4. The van der Waals surface area contributed by atoms with Crippen molar-refractivity contribution in [2.75, 3.05) is 51.3 Å². The number of halogens is 2. The van der Waals surface area contributed by atoms with E-state index in [-0.39, 0.29) is 28.7 Å². The number of aryl methyl sites for hydroxylation is 1. The van der Waals surface area contributed by atoms with E-state index in [2.05, 4.69) is 22.0 Å². The predicted octanol–water partition coefficient (Wildman–Crippen LogP) is 4.15. The molecule has 12 heteroatoms. The highest BCUT2D eigenvalue weighted by Gasteiger charge is 2.23. The van der Waals surface area contributed by atoms with Gasteiger partial charge in [-0.2, -0.15) is 0 Å². The average Bonchev–Trinajstić information content (AvgIpc) is 3.26. The summed E-state index contributed by atoms with van der Waals surface area (Å²) in [6.45, 7) is 6.44. The predicted molar refractivity (Wildman–Crippen MR) is 137 cm³/mol. The Morgan fingerprint density at radius 2 is 2.00 bits per heavy atom. The summed E-state index contributed by atoms with van der Waals surface area (Å²) in [6.07, 6.45) is 0. The molecule has 0 spiro atoms. The van der Waals surface area contributed by atoms with Gasteiger partial charge in [0.2, 0.25) is 0 Å². The van der Waals surface area contributed by atoms with Crippen LogP contribution in [-0.2, 0) is 0 Å². The highest BCUT2D eigenvalue weighted by Crippen LogP contribution is 2.36. The normalized spacial score (nSPS) is 14.0. The highest BCUT2D eigenvalue weighted by atomic mass is 35.5. The van der Waals surface area contributed by atoms with Crippen LogP contribution >= 0.6 is 35.3 Å². The lowest BCUT2D eigenvalue weighted by Gasteiger charge is -2.34. The van der Waals surface area contributed by atoms with Crippen molar-refractivity contribution in [2.45, 2.75) is 6.92 Å². The number of carbonyl (C=O) groups excluding carboxylic acids is 1. The van der Waals surface area contributed by atoms with E-state index < -0.39 is 10.8 Å². The number of fused-ring (bicyclic) bond motifs is 1. The highest BCUT2D eigenvalue weighted by molar-refractivity contribution is 7.22. The van der Waals surface area contributed by atoms with Gasteiger partial charge in [-0.1, -0.05) is 29.0 Å². The number of nitro benzene ring substituents is 1. The number of anilines is 1. The van der Waals surface area contributed by atoms with Gasteiger partial charge in [-0.3, -0.25) is 19.8 Å². The number of nitro groups is 1. The molecule has 1 saturated heterocycles. The van der Waals surface area contributed by atoms with Gasteiger partial charge >= 0.3 is 0 Å². The molecule has 0 unspecified atom stereocenters. The van der Waals surface area contributed by atoms with Gasteiger partial charge in [-0.15, -0.1) is 12.4 Å². The fraction of sp³-hybridized carbons (Fsp3) is 0.364. The summed E-state index contributed by atoms with van der Waals surface area (Å²) in [4.78, 5) is 32.4. The summed E-state index contributed by atoms with van der Waals surface area (Å²) in [5.74, 6) is 0.286. The fourth-order valence-corrected chi connectivity index (χ4v) is 5.11. The Bertz CT molecular complexity index is 1200. The molecule has 0 saturated carbocycles. The topological polar surface area (TPSA) is 101 Å². The molecule has 2 heterocycles. The number of hydrogen-bond acceptors (Lipinski definition) is 8. The number of thiazole rings is 1. The first-order chi connectivity index (χ1) is 15.9. The van der Waals surface area contributed by atoms with Crippen molar-refractivity contribution in [3.8, 4) is 5.75 Å². The number of amides is 1. The van der Waals surface area contributed by atoms with E-state index in [9.17, 15) is 14.9 Å². The molecule has 182 valence electrons. The number of nitrogens with one attached hydrogen (secondary N) is 1. The maximum atomic E-state index is 12.4. The van der Waals surface area contributed by atoms with Crippen molar-refractivity contribution in [1.82, 2.24) is 15.2 Å². The van der Waals surface area contributed by atoms with Crippen LogP contribution < -0.4 is 15.0 Å². The van der Waals surface area contributed by atoms with Crippen LogP contribution in [0.1, 0.15) is 15.9 Å². The lowest BCUT2D eigenvalue weighted by molar-refractivity contribution is -0.385. The molecule has 1 N–H and O–H groups in total. The molecule has 1 fully saturated rings. The molecule has 1 aliphatic rings. The average molecular weight is 526 g/mol. The molecule has 1 amide bonds. The van der Waals surface area contributed by atoms with Crippen molar-refractivity contribution < 1.29 is 14.5 Å². The molecule has 3 aromatic rings. The first-order valence-electron chi connectivity index (χ1n) is 10.5. The number of nitrogens with zero attached hydrogens (tertiary/aromatic N) is 4. The monoisotopic (exact) mass is 525 g/mol. The van der Waals surface area contributed by atoms with Crippen LogP contribution in [-0.4, -0.2) is 67.1 Å². The molecule has 0 radical (unpaired) electrons. The SMILES string of the molecule is COc1ccc(C)c2sc(N3CCN(CCNC(=O)c4cc(Cl)ccc4[N+](=O)[O-])CC3)nc12.Cl. The van der Waals surface area contributed by atoms with Crippen LogP contribution in [0.3, 0.4) is 0 Å². The molecule has 0 bridgehead atoms. The number of ether oxygens (including phenoxy) is 1. The maximum Gasteiger partial charge on any atom is 0.282 e. The molecule has 4 rings (SSSR count). The minimum atomic E-state index is -0.580. The van der Waals surface area contributed by atoms with Gasteiger partial charge in [-0.05, 0) is 30.7 Å². The van der Waals surface area contributed by atoms with Gasteiger partial charge in [0, 0.05) is 50.4 Å². The molecular weight excluding hydrogens is 501 g/mol. The van der Waals surface area contributed by atoms with Gasteiger partial charge in [0.1, 0.15) is 16.8 Å². The smallest absolute Gasteiger partial charge is 0.282 e. The van der Waals surface area contributed by atoms with Crippen molar-refractivity contribution in [1.29, 1.82) is 0 Å². The summed E-state index contributed by atoms with van der Waals surface area (Å²) < 4.78 is 6.60. The molecule has 1 aliphatic heterocycles. The summed E-state index contributed by atoms with van der Waals surface area (Å²) in [5.41, 5.74) is 1.80. The first-order valence-corrected chi connectivity index (χ1v) is 11.7. The standard InChI is InChI=1S/C22H24ClN5O4S.ClH/c1-14-3-6-18(32-2)19-20(14)33-22(25-19)27-11-9-26(10-12-27)8-7-24-21(29)16-13-15(23)4-5-17(16)28(30)31;/h3-6,13H,7-12H2,1-2H3,(H,24,29);1H. The molecule has 0 atom stereocenters. The van der Waals surface area contributed by atoms with E-state index >= 15 is 0 Å². The van der Waals surface area contributed by atoms with E-state index in [0.29, 0.717) is 13.1 Å². The lowest BCUT2D eigenvalue weighted by Crippen LogP contribution is -2.48. The van der Waals surface area contributed by atoms with E-state index in [1.165, 1.54) is 23.8 Å². The van der Waals surface area contributed by atoms with Gasteiger partial charge in [0.25, 0.3) is 11.6 Å². The van der Waals surface area contributed by atoms with Crippen LogP contribution in [0.4, 0.5) is 10.8 Å². The molecule has 0 aliphatic carbocycles. The van der Waals surface area contributed by atoms with E-state index in [1.54, 1.807) is 18.4 Å². The number of benzene rings is 2. The molecule has 2 aromatic carbocycles. The molecule has 34 heavy (non-hydrogen) atoms. The second kappa shape index (κ2) is 11.2. The van der Waals surface area contributed by atoms with Crippen LogP contribution in [0.15, 0.2) is 30.3 Å². The zero-order valence-corrected chi connectivity index (χ0v) is 21.1. The summed E-state index contributed by atoms with van der Waals surface area (Å²) in [5, 5.41) is 15.2. The van der Waals surface area contributed by atoms with Crippen molar-refractivity contribution in [3.63, 3.8) is 0 Å². The number of hydrogen-bond donors (Lipinski definition) is 1. The Labute approximate surface area is 212 Å². The minimum absolute atomic E-state index is 0. The Hall–Kier alpha value is -2.66. The molecule has 1 aromatic heterocycles. The van der Waals surface area contributed by atoms with Gasteiger partial charge in [0.15, 0.2) is 5.13 Å². The summed E-state index contributed by atoms with van der Waals surface area (Å²) in [7, 11) is 1.66. The summed E-state index contributed by atoms with van der Waals surface area (Å²) >= 11 is 7.59. The second-order valence-electron chi connectivity index (χ2n) is 7.76. The van der Waals surface area contributed by atoms with Gasteiger partial charge < -0.3 is 15.0 Å². The summed E-state index contributed by atoms with van der Waals surface area (Å²) in [6, 6.07) is 7.97. The van der Waals surface area contributed by atoms with E-state index in [4.69, 9.17) is 21.3 Å². The Balaban J connectivity index is 0.00000324. The second-order valence-corrected chi connectivity index (χ2v) is 9.18. The number of carbonyl (C=O) groups is 1. The van der Waals surface area contributed by atoms with E-state index in [1.807, 2.05) is 12.1 Å². The Morgan fingerprint density at radius 3 is 2.68 bits per heavy atom. The zero-order chi connectivity index (χ0) is 23.5. The fourth-order valence-electron chi connectivity index (χ4n) is 3.83. The number of aromatic nitrogens is 1. The van der Waals surface area contributed by atoms with Crippen molar-refractivity contribution >= 4 is 62.3 Å². The first kappa shape index (κ1) is 26.0. The number of rotatable bonds is 7. The number of piperazine rings is 1. The quantitative estimate of drug-likeness (QED) is 0.365. The van der Waals surface area contributed by atoms with Crippen molar-refractivity contribution in [3.05, 3.63) is 56.6 Å². The van der Waals surface area contributed by atoms with Crippen LogP contribution in [0.2, 0.25) is 5.02 Å². The van der Waals surface area contributed by atoms with Gasteiger partial charge in [0.05, 0.1) is 16.7 Å². The third-order valence-electron chi connectivity index (χ3n) is 5.67. The third-order valence-corrected chi connectivity index (χ3v) is 7.15. The van der Waals surface area contributed by atoms with Crippen LogP contribution in [0, 0.1) is 17.0 Å². The lowest BCUT2D eigenvalue weighted by atomic mass is 10.1.